The van der Waals surface area contributed by atoms with Gasteiger partial charge in [0.15, 0.2) is 23.2 Å². The van der Waals surface area contributed by atoms with Crippen molar-refractivity contribution >= 4 is 10.1 Å². The zero-order valence-corrected chi connectivity index (χ0v) is 11.0. The molecule has 0 atom stereocenters. The predicted octanol–water partition coefficient (Wildman–Crippen LogP) is 2.74. The second-order valence-corrected chi connectivity index (χ2v) is 5.33. The van der Waals surface area contributed by atoms with Crippen molar-refractivity contribution in [1.29, 1.82) is 5.26 Å². The van der Waals surface area contributed by atoms with Gasteiger partial charge in [0.1, 0.15) is 11.0 Å². The number of hydrogen-bond acceptors (Lipinski definition) is 4. The number of halogens is 3. The van der Waals surface area contributed by atoms with Gasteiger partial charge in [-0.2, -0.15) is 13.7 Å². The van der Waals surface area contributed by atoms with Gasteiger partial charge >= 0.3 is 10.1 Å². The van der Waals surface area contributed by atoms with Crippen LogP contribution in [0.25, 0.3) is 0 Å². The molecule has 0 aliphatic heterocycles. The fraction of sp³-hybridized carbons (Fsp3) is 0. The van der Waals surface area contributed by atoms with Crippen molar-refractivity contribution in [3.05, 3.63) is 59.4 Å². The molecule has 0 bridgehead atoms. The highest BCUT2D eigenvalue weighted by molar-refractivity contribution is 7.87. The molecule has 4 nitrogen and oxygen atoms in total. The number of nitrogens with zero attached hydrogens (tertiary/aromatic N) is 1. The normalized spacial score (nSPS) is 11.0. The molecule has 0 radical (unpaired) electrons. The Morgan fingerprint density at radius 1 is 1.00 bits per heavy atom. The zero-order valence-electron chi connectivity index (χ0n) is 10.2. The van der Waals surface area contributed by atoms with E-state index in [4.69, 9.17) is 5.26 Å². The summed E-state index contributed by atoms with van der Waals surface area (Å²) in [7, 11) is -4.75. The third kappa shape index (κ3) is 2.83. The second kappa shape index (κ2) is 5.46. The Balaban J connectivity index is 2.50. The van der Waals surface area contributed by atoms with Crippen molar-refractivity contribution in [3.63, 3.8) is 0 Å². The highest BCUT2D eigenvalue weighted by atomic mass is 32.2. The van der Waals surface area contributed by atoms with Gasteiger partial charge in [-0.1, -0.05) is 12.1 Å². The van der Waals surface area contributed by atoms with Crippen LogP contribution in [0.1, 0.15) is 5.56 Å². The first kappa shape index (κ1) is 14.9. The minimum absolute atomic E-state index is 0.107. The molecule has 0 N–H and O–H groups in total. The molecule has 0 spiro atoms. The van der Waals surface area contributed by atoms with Crippen molar-refractivity contribution in [2.75, 3.05) is 0 Å². The molecule has 0 heterocycles. The highest BCUT2D eigenvalue weighted by Crippen LogP contribution is 2.25. The van der Waals surface area contributed by atoms with Crippen LogP contribution >= 0.6 is 0 Å². The lowest BCUT2D eigenvalue weighted by molar-refractivity contribution is 0.423. The summed E-state index contributed by atoms with van der Waals surface area (Å²) in [5.74, 6) is -5.68. The van der Waals surface area contributed by atoms with E-state index >= 15 is 0 Å². The van der Waals surface area contributed by atoms with E-state index in [1.165, 1.54) is 24.3 Å². The monoisotopic (exact) mass is 313 g/mol. The smallest absolute Gasteiger partial charge is 0.342 e. The molecule has 2 aromatic carbocycles. The Hall–Kier alpha value is -2.53. The van der Waals surface area contributed by atoms with E-state index in [9.17, 15) is 21.6 Å². The first-order valence-electron chi connectivity index (χ1n) is 5.44. The SMILES string of the molecule is N#Cc1ccccc1OS(=O)(=O)c1ccc(F)c(F)c1F. The van der Waals surface area contributed by atoms with Crippen LogP contribution in [-0.4, -0.2) is 8.42 Å². The number of benzene rings is 2. The lowest BCUT2D eigenvalue weighted by atomic mass is 10.2. The molecule has 0 aliphatic carbocycles. The van der Waals surface area contributed by atoms with Crippen molar-refractivity contribution in [1.82, 2.24) is 0 Å². The summed E-state index contributed by atoms with van der Waals surface area (Å²) in [5, 5.41) is 8.81. The Morgan fingerprint density at radius 3 is 2.33 bits per heavy atom. The molecule has 0 unspecified atom stereocenters. The lowest BCUT2D eigenvalue weighted by Crippen LogP contribution is -2.13. The van der Waals surface area contributed by atoms with Gasteiger partial charge in [0.05, 0.1) is 5.56 Å². The zero-order chi connectivity index (χ0) is 15.6. The number of hydrogen-bond donors (Lipinski definition) is 0. The average Bonchev–Trinajstić information content (AvgIpc) is 2.44. The van der Waals surface area contributed by atoms with Gasteiger partial charge in [0.2, 0.25) is 0 Å². The maximum Gasteiger partial charge on any atom is 0.342 e. The average molecular weight is 313 g/mol. The molecular weight excluding hydrogens is 307 g/mol. The Kier molecular flexibility index (Phi) is 3.86. The van der Waals surface area contributed by atoms with Crippen molar-refractivity contribution in [3.8, 4) is 11.8 Å². The number of rotatable bonds is 3. The first-order valence-corrected chi connectivity index (χ1v) is 6.85. The fourth-order valence-corrected chi connectivity index (χ4v) is 2.51. The van der Waals surface area contributed by atoms with E-state index < -0.39 is 32.5 Å². The molecule has 0 amide bonds. The van der Waals surface area contributed by atoms with E-state index in [1.54, 1.807) is 6.07 Å². The summed E-state index contributed by atoms with van der Waals surface area (Å²) in [6.45, 7) is 0. The summed E-state index contributed by atoms with van der Waals surface area (Å²) in [4.78, 5) is -1.16. The van der Waals surface area contributed by atoms with Gasteiger partial charge in [0.25, 0.3) is 0 Å². The van der Waals surface area contributed by atoms with Crippen LogP contribution in [0.2, 0.25) is 0 Å². The third-order valence-electron chi connectivity index (χ3n) is 2.48. The molecule has 0 saturated heterocycles. The van der Waals surface area contributed by atoms with Crippen LogP contribution in [0.4, 0.5) is 13.2 Å². The van der Waals surface area contributed by atoms with Crippen LogP contribution in [0, 0.1) is 28.8 Å². The van der Waals surface area contributed by atoms with Crippen LogP contribution < -0.4 is 4.18 Å². The molecule has 21 heavy (non-hydrogen) atoms. The lowest BCUT2D eigenvalue weighted by Gasteiger charge is -2.09. The molecule has 2 aromatic rings. The van der Waals surface area contributed by atoms with Crippen molar-refractivity contribution in [2.24, 2.45) is 0 Å². The summed E-state index contributed by atoms with van der Waals surface area (Å²) in [6.07, 6.45) is 0. The number of para-hydroxylation sites is 1. The molecule has 8 heteroatoms. The van der Waals surface area contributed by atoms with Gasteiger partial charge in [-0.25, -0.2) is 13.2 Å². The van der Waals surface area contributed by atoms with E-state index in [0.717, 1.165) is 0 Å². The minimum Gasteiger partial charge on any atom is -0.377 e. The topological polar surface area (TPSA) is 67.2 Å². The third-order valence-corrected chi connectivity index (χ3v) is 3.73. The van der Waals surface area contributed by atoms with Gasteiger partial charge in [-0.05, 0) is 24.3 Å². The van der Waals surface area contributed by atoms with Crippen LogP contribution in [0.15, 0.2) is 41.3 Å². The van der Waals surface area contributed by atoms with Crippen LogP contribution in [0.5, 0.6) is 5.75 Å². The minimum atomic E-state index is -4.75. The largest absolute Gasteiger partial charge is 0.377 e. The Bertz CT molecular complexity index is 844. The first-order chi connectivity index (χ1) is 9.86. The van der Waals surface area contributed by atoms with Gasteiger partial charge in [-0.3, -0.25) is 0 Å². The summed E-state index contributed by atoms with van der Waals surface area (Å²) < 4.78 is 67.8. The molecule has 0 saturated carbocycles. The molecular formula is C13H6F3NO3S. The fourth-order valence-electron chi connectivity index (χ4n) is 1.50. The van der Waals surface area contributed by atoms with E-state index in [0.29, 0.717) is 12.1 Å². The molecule has 108 valence electrons. The molecule has 2 rings (SSSR count). The van der Waals surface area contributed by atoms with Crippen molar-refractivity contribution in [2.45, 2.75) is 4.90 Å². The quantitative estimate of drug-likeness (QED) is 0.645. The summed E-state index contributed by atoms with van der Waals surface area (Å²) >= 11 is 0. The molecule has 0 aromatic heterocycles. The van der Waals surface area contributed by atoms with Gasteiger partial charge < -0.3 is 4.18 Å². The van der Waals surface area contributed by atoms with E-state index in [-0.39, 0.29) is 11.3 Å². The van der Waals surface area contributed by atoms with Gasteiger partial charge in [0, 0.05) is 0 Å². The maximum absolute atomic E-state index is 13.5. The van der Waals surface area contributed by atoms with Crippen LogP contribution in [0.3, 0.4) is 0 Å². The molecule has 0 fully saturated rings. The standard InChI is InChI=1S/C13H6F3NO3S/c14-9-5-6-11(13(16)12(9)15)21(18,19)20-10-4-2-1-3-8(10)7-17/h1-6H. The maximum atomic E-state index is 13.5. The van der Waals surface area contributed by atoms with E-state index in [2.05, 4.69) is 4.18 Å². The second-order valence-electron chi connectivity index (χ2n) is 3.82. The van der Waals surface area contributed by atoms with E-state index in [1.807, 2.05) is 0 Å². The van der Waals surface area contributed by atoms with Gasteiger partial charge in [-0.15, -0.1) is 0 Å². The highest BCUT2D eigenvalue weighted by Gasteiger charge is 2.26. The summed E-state index contributed by atoms with van der Waals surface area (Å²) in [6, 6.07) is 8.01. The summed E-state index contributed by atoms with van der Waals surface area (Å²) in [5.41, 5.74) is -0.107. The van der Waals surface area contributed by atoms with Crippen LogP contribution in [-0.2, 0) is 10.1 Å². The predicted molar refractivity (Wildman–Crippen MR) is 65.3 cm³/mol. The van der Waals surface area contributed by atoms with Crippen molar-refractivity contribution < 1.29 is 25.8 Å². The number of nitriles is 1. The molecule has 0 aliphatic rings. The Labute approximate surface area is 118 Å². The Morgan fingerprint density at radius 2 is 1.67 bits per heavy atom.